The molecule has 28 heavy (non-hydrogen) atoms. The van der Waals surface area contributed by atoms with Crippen LogP contribution in [0.25, 0.3) is 0 Å². The molecule has 1 fully saturated rings. The van der Waals surface area contributed by atoms with Crippen molar-refractivity contribution in [3.63, 3.8) is 0 Å². The lowest BCUT2D eigenvalue weighted by molar-refractivity contribution is -0.134. The highest BCUT2D eigenvalue weighted by Gasteiger charge is 2.42. The summed E-state index contributed by atoms with van der Waals surface area (Å²) < 4.78 is 50.0. The average molecular weight is 399 g/mol. The number of rotatable bonds is 6. The molecular weight excluding hydrogens is 379 g/mol. The summed E-state index contributed by atoms with van der Waals surface area (Å²) in [6, 6.07) is 6.67. The van der Waals surface area contributed by atoms with Crippen LogP contribution in [0, 0.1) is 0 Å². The van der Waals surface area contributed by atoms with Crippen molar-refractivity contribution in [2.24, 2.45) is 5.10 Å². The Morgan fingerprint density at radius 1 is 1.32 bits per heavy atom. The molecule has 2 atom stereocenters. The van der Waals surface area contributed by atoms with E-state index in [4.69, 9.17) is 14.6 Å². The lowest BCUT2D eigenvalue weighted by atomic mass is 10.2. The summed E-state index contributed by atoms with van der Waals surface area (Å²) in [5, 5.41) is 12.6. The number of allylic oxidation sites excluding steroid dienone is 1. The largest absolute Gasteiger partial charge is 0.484 e. The van der Waals surface area contributed by atoms with Crippen LogP contribution in [0.3, 0.4) is 0 Å². The second-order valence-corrected chi connectivity index (χ2v) is 6.38. The topological polar surface area (TPSA) is 83.4 Å². The van der Waals surface area contributed by atoms with Gasteiger partial charge in [-0.2, -0.15) is 18.3 Å². The maximum atomic E-state index is 13.0. The molecule has 152 valence electrons. The van der Waals surface area contributed by atoms with E-state index in [-0.39, 0.29) is 25.7 Å². The molecule has 2 N–H and O–H groups in total. The van der Waals surface area contributed by atoms with Crippen molar-refractivity contribution in [1.29, 1.82) is 0 Å². The highest BCUT2D eigenvalue weighted by atomic mass is 19.4. The number of halogens is 3. The molecule has 1 amide bonds. The number of likely N-dealkylation sites (tertiary alicyclic amines) is 1. The number of benzene rings is 1. The molecule has 2 heterocycles. The average Bonchev–Trinajstić information content (AvgIpc) is 3.14. The van der Waals surface area contributed by atoms with E-state index in [2.05, 4.69) is 10.5 Å². The molecule has 0 bridgehead atoms. The van der Waals surface area contributed by atoms with Gasteiger partial charge in [0.25, 0.3) is 5.91 Å². The number of amides is 1. The summed E-state index contributed by atoms with van der Waals surface area (Å²) >= 11 is 0. The molecule has 10 heteroatoms. The van der Waals surface area contributed by atoms with Crippen molar-refractivity contribution in [2.45, 2.75) is 31.5 Å². The van der Waals surface area contributed by atoms with Crippen LogP contribution in [0.5, 0.6) is 5.75 Å². The molecule has 0 spiro atoms. The lowest BCUT2D eigenvalue weighted by Gasteiger charge is -2.27. The Balaban J connectivity index is 1.48. The molecule has 0 saturated carbocycles. The highest BCUT2D eigenvalue weighted by molar-refractivity contribution is 5.78. The maximum Gasteiger partial charge on any atom is 0.417 e. The van der Waals surface area contributed by atoms with E-state index < -0.39 is 24.1 Å². The number of alkyl halides is 3. The molecule has 0 aliphatic carbocycles. The third-order valence-electron chi connectivity index (χ3n) is 4.42. The molecule has 1 aromatic rings. The molecule has 1 saturated heterocycles. The fourth-order valence-electron chi connectivity index (χ4n) is 2.92. The maximum absolute atomic E-state index is 13.0. The molecule has 1 aromatic carbocycles. The molecular formula is C18H20F3N3O4. The minimum absolute atomic E-state index is 0.0826. The standard InChI is InChI=1S/C18H20F3N3O4/c19-18(20,21)15-5-7-22-23-17(15)28-14-6-8-24(9-14)16(26)11-27-13-3-1-12(10-25)2-4-13/h1-5,7,14,17,23,25H,6,8-11H2. The SMILES string of the molecule is O=C(COc1ccc(CO)cc1)N1CCC(OC2NN=CC=C2C(F)(F)F)C1. The van der Waals surface area contributed by atoms with Crippen molar-refractivity contribution in [3.8, 4) is 5.75 Å². The summed E-state index contributed by atoms with van der Waals surface area (Å²) in [5.74, 6) is 0.209. The summed E-state index contributed by atoms with van der Waals surface area (Å²) in [6.45, 7) is 0.279. The van der Waals surface area contributed by atoms with Gasteiger partial charge in [-0.3, -0.25) is 10.2 Å². The second-order valence-electron chi connectivity index (χ2n) is 6.38. The zero-order chi connectivity index (χ0) is 20.1. The minimum atomic E-state index is -4.53. The van der Waals surface area contributed by atoms with Crippen LogP contribution in [0.15, 0.2) is 41.0 Å². The Hall–Kier alpha value is -2.59. The quantitative estimate of drug-likeness (QED) is 0.759. The molecule has 2 aliphatic heterocycles. The monoisotopic (exact) mass is 399 g/mol. The van der Waals surface area contributed by atoms with Gasteiger partial charge in [0.2, 0.25) is 0 Å². The van der Waals surface area contributed by atoms with E-state index in [1.807, 2.05) is 0 Å². The van der Waals surface area contributed by atoms with E-state index in [9.17, 15) is 18.0 Å². The number of hydrogen-bond acceptors (Lipinski definition) is 6. The fourth-order valence-corrected chi connectivity index (χ4v) is 2.92. The molecule has 7 nitrogen and oxygen atoms in total. The Labute approximate surface area is 159 Å². The smallest absolute Gasteiger partial charge is 0.417 e. The van der Waals surface area contributed by atoms with Gasteiger partial charge in [-0.25, -0.2) is 0 Å². The van der Waals surface area contributed by atoms with Crippen LogP contribution < -0.4 is 10.2 Å². The number of hydrogen-bond donors (Lipinski definition) is 2. The van der Waals surface area contributed by atoms with Crippen molar-refractivity contribution < 1.29 is 32.5 Å². The third kappa shape index (κ3) is 5.02. The minimum Gasteiger partial charge on any atom is -0.484 e. The summed E-state index contributed by atoms with van der Waals surface area (Å²) in [4.78, 5) is 13.8. The molecule has 0 aromatic heterocycles. The van der Waals surface area contributed by atoms with Gasteiger partial charge < -0.3 is 19.5 Å². The van der Waals surface area contributed by atoms with E-state index in [1.54, 1.807) is 24.3 Å². The van der Waals surface area contributed by atoms with Gasteiger partial charge in [0.1, 0.15) is 5.75 Å². The first-order valence-corrected chi connectivity index (χ1v) is 8.68. The van der Waals surface area contributed by atoms with Crippen molar-refractivity contribution >= 4 is 12.1 Å². The van der Waals surface area contributed by atoms with Gasteiger partial charge in [-0.05, 0) is 30.2 Å². The molecule has 0 radical (unpaired) electrons. The van der Waals surface area contributed by atoms with Gasteiger partial charge in [0, 0.05) is 19.3 Å². The number of ether oxygens (including phenoxy) is 2. The van der Waals surface area contributed by atoms with Crippen LogP contribution in [0.4, 0.5) is 13.2 Å². The first kappa shape index (κ1) is 20.2. The number of carbonyl (C=O) groups excluding carboxylic acids is 1. The first-order valence-electron chi connectivity index (χ1n) is 8.68. The van der Waals surface area contributed by atoms with Gasteiger partial charge in [0.15, 0.2) is 12.8 Å². The van der Waals surface area contributed by atoms with E-state index in [1.165, 1.54) is 4.90 Å². The number of nitrogens with one attached hydrogen (secondary N) is 1. The molecule has 2 aliphatic rings. The predicted octanol–water partition coefficient (Wildman–Crippen LogP) is 1.58. The molecule has 2 unspecified atom stereocenters. The van der Waals surface area contributed by atoms with Crippen LogP contribution in [0.2, 0.25) is 0 Å². The number of nitrogens with zero attached hydrogens (tertiary/aromatic N) is 2. The highest BCUT2D eigenvalue weighted by Crippen LogP contribution is 2.30. The van der Waals surface area contributed by atoms with Crippen molar-refractivity contribution in [1.82, 2.24) is 10.3 Å². The number of aliphatic hydroxyl groups is 1. The van der Waals surface area contributed by atoms with Crippen LogP contribution in [-0.4, -0.2) is 60.3 Å². The summed E-state index contributed by atoms with van der Waals surface area (Å²) in [6.07, 6.45) is -4.15. The van der Waals surface area contributed by atoms with Gasteiger partial charge in [-0.1, -0.05) is 12.1 Å². The van der Waals surface area contributed by atoms with Crippen LogP contribution >= 0.6 is 0 Å². The zero-order valence-corrected chi connectivity index (χ0v) is 14.9. The fraction of sp³-hybridized carbons (Fsp3) is 0.444. The summed E-state index contributed by atoms with van der Waals surface area (Å²) in [7, 11) is 0. The second kappa shape index (κ2) is 8.61. The zero-order valence-electron chi connectivity index (χ0n) is 14.9. The number of carbonyl (C=O) groups is 1. The normalized spacial score (nSPS) is 22.0. The Morgan fingerprint density at radius 3 is 2.75 bits per heavy atom. The van der Waals surface area contributed by atoms with E-state index in [0.717, 1.165) is 17.9 Å². The predicted molar refractivity (Wildman–Crippen MR) is 93.5 cm³/mol. The van der Waals surface area contributed by atoms with Gasteiger partial charge in [-0.15, -0.1) is 0 Å². The van der Waals surface area contributed by atoms with E-state index in [0.29, 0.717) is 18.7 Å². The van der Waals surface area contributed by atoms with Crippen LogP contribution in [-0.2, 0) is 16.1 Å². The summed E-state index contributed by atoms with van der Waals surface area (Å²) in [5.41, 5.74) is 2.18. The van der Waals surface area contributed by atoms with E-state index >= 15 is 0 Å². The first-order chi connectivity index (χ1) is 13.4. The van der Waals surface area contributed by atoms with Crippen molar-refractivity contribution in [2.75, 3.05) is 19.7 Å². The van der Waals surface area contributed by atoms with Gasteiger partial charge in [0.05, 0.1) is 18.3 Å². The van der Waals surface area contributed by atoms with Gasteiger partial charge >= 0.3 is 6.18 Å². The Kier molecular flexibility index (Phi) is 6.20. The Bertz CT molecular complexity index is 749. The van der Waals surface area contributed by atoms with Crippen molar-refractivity contribution in [3.05, 3.63) is 41.5 Å². The molecule has 3 rings (SSSR count). The third-order valence-corrected chi connectivity index (χ3v) is 4.42. The number of hydrazone groups is 1. The number of aliphatic hydroxyl groups excluding tert-OH is 1. The lowest BCUT2D eigenvalue weighted by Crippen LogP contribution is -2.42. The Morgan fingerprint density at radius 2 is 2.07 bits per heavy atom. The van der Waals surface area contributed by atoms with Crippen LogP contribution in [0.1, 0.15) is 12.0 Å².